The fourth-order valence-electron chi connectivity index (χ4n) is 7.78. The van der Waals surface area contributed by atoms with Crippen molar-refractivity contribution in [2.75, 3.05) is 32.7 Å². The molecule has 64 heavy (non-hydrogen) atoms. The van der Waals surface area contributed by atoms with Crippen molar-refractivity contribution >= 4 is 45.2 Å². The van der Waals surface area contributed by atoms with Crippen LogP contribution >= 0.6 is 0 Å². The predicted octanol–water partition coefficient (Wildman–Crippen LogP) is 9.59. The molecule has 9 rings (SSSR count). The molecular formula is C50H53N11O3. The molecular weight excluding hydrogens is 803 g/mol. The Bertz CT molecular complexity index is 2900. The van der Waals surface area contributed by atoms with Crippen LogP contribution in [0.3, 0.4) is 0 Å². The Balaban J connectivity index is 0.000000188. The summed E-state index contributed by atoms with van der Waals surface area (Å²) in [6.45, 7) is 7.27. The van der Waals surface area contributed by atoms with E-state index in [2.05, 4.69) is 64.3 Å². The number of amides is 1. The van der Waals surface area contributed by atoms with Gasteiger partial charge < -0.3 is 20.5 Å². The molecule has 0 spiro atoms. The van der Waals surface area contributed by atoms with Crippen molar-refractivity contribution in [3.05, 3.63) is 128 Å². The Hall–Kier alpha value is -7.58. The number of aromatic nitrogens is 8. The van der Waals surface area contributed by atoms with Gasteiger partial charge in [-0.3, -0.25) is 19.2 Å². The molecule has 1 fully saturated rings. The van der Waals surface area contributed by atoms with Gasteiger partial charge in [-0.05, 0) is 36.6 Å². The van der Waals surface area contributed by atoms with Gasteiger partial charge in [-0.15, -0.1) is 0 Å². The number of carbonyl (C=O) groups is 1. The molecule has 5 heterocycles. The number of ether oxygens (including phenoxy) is 2. The number of nitrogens with two attached hydrogens (primary N) is 1. The number of methoxy groups -OCH3 is 1. The average molecular weight is 856 g/mol. The monoisotopic (exact) mass is 855 g/mol. The standard InChI is InChI=1S/C26H27N5O3.C22H20N6.C2H6/c1-3-24(32)30-22-13-19-21(14-23(22)33-2)27-16-28-25(19)20-15-29-31(18-9-11-34-12-10-18)26(20)17-7-5-4-6-8-17;1-24-12-17(11-23)16-8-9-18-20(10-16)25-14-26-21(18)19-13-27-28(2)22(19)15-6-4-3-5-7-15;1-2/h4-8,13-16,18H,3,9-12H2,1-2H3,(H,30,32);3-14H,23H2,1-2H3;1-2H3/b;17-11+,24-12?;. The van der Waals surface area contributed by atoms with Crippen LogP contribution in [-0.2, 0) is 16.6 Å². The fraction of sp³-hybridized carbons (Fsp3) is 0.240. The Labute approximate surface area is 373 Å². The van der Waals surface area contributed by atoms with Gasteiger partial charge in [-0.1, -0.05) is 87.5 Å². The van der Waals surface area contributed by atoms with Crippen molar-refractivity contribution in [2.24, 2.45) is 17.8 Å². The lowest BCUT2D eigenvalue weighted by Gasteiger charge is -2.24. The van der Waals surface area contributed by atoms with Crippen molar-refractivity contribution in [2.45, 2.75) is 46.1 Å². The largest absolute Gasteiger partial charge is 0.494 e. The summed E-state index contributed by atoms with van der Waals surface area (Å²) in [6.07, 6.45) is 12.4. The molecule has 14 heteroatoms. The van der Waals surface area contributed by atoms with Crippen LogP contribution in [0.25, 0.3) is 72.4 Å². The van der Waals surface area contributed by atoms with E-state index in [9.17, 15) is 4.79 Å². The summed E-state index contributed by atoms with van der Waals surface area (Å²) in [5.41, 5.74) is 17.4. The van der Waals surface area contributed by atoms with Crippen LogP contribution in [0.2, 0.25) is 0 Å². The number of fused-ring (bicyclic) bond motifs is 2. The van der Waals surface area contributed by atoms with E-state index in [1.807, 2.05) is 112 Å². The zero-order valence-electron chi connectivity index (χ0n) is 37.1. The van der Waals surface area contributed by atoms with Gasteiger partial charge in [0, 0.05) is 90.8 Å². The van der Waals surface area contributed by atoms with Crippen molar-refractivity contribution in [3.63, 3.8) is 0 Å². The van der Waals surface area contributed by atoms with E-state index in [0.29, 0.717) is 17.9 Å². The molecule has 4 aromatic heterocycles. The zero-order valence-corrected chi connectivity index (χ0v) is 37.1. The van der Waals surface area contributed by atoms with Crippen LogP contribution in [0, 0.1) is 0 Å². The quantitative estimate of drug-likeness (QED) is 0.126. The fourth-order valence-corrected chi connectivity index (χ4v) is 7.78. The van der Waals surface area contributed by atoms with E-state index in [4.69, 9.17) is 20.3 Å². The first-order chi connectivity index (χ1) is 31.4. The molecule has 0 bridgehead atoms. The maximum Gasteiger partial charge on any atom is 0.224 e. The molecule has 3 N–H and O–H groups in total. The number of carbonyl (C=O) groups excluding carboxylic acids is 1. The molecule has 0 unspecified atom stereocenters. The van der Waals surface area contributed by atoms with Gasteiger partial charge in [0.2, 0.25) is 5.91 Å². The SMILES string of the molecule is CC.CCC(=O)Nc1cc2c(-c3cnn(C4CCOCC4)c3-c3ccccc3)ncnc2cc1OC.CN=C/C(=C\N)c1ccc2c(-c3cnn(C)c3-c3ccccc3)ncnc2c1. The molecule has 0 radical (unpaired) electrons. The minimum atomic E-state index is -0.0895. The number of nitrogens with zero attached hydrogens (tertiary/aromatic N) is 9. The minimum absolute atomic E-state index is 0.0895. The summed E-state index contributed by atoms with van der Waals surface area (Å²) >= 11 is 0. The average Bonchev–Trinajstić information content (AvgIpc) is 3.98. The van der Waals surface area contributed by atoms with Gasteiger partial charge in [-0.2, -0.15) is 10.2 Å². The van der Waals surface area contributed by atoms with Crippen LogP contribution in [0.15, 0.2) is 127 Å². The summed E-state index contributed by atoms with van der Waals surface area (Å²) in [5, 5.41) is 14.0. The maximum absolute atomic E-state index is 12.1. The van der Waals surface area contributed by atoms with E-state index < -0.39 is 0 Å². The topological polar surface area (TPSA) is 173 Å². The Morgan fingerprint density at radius 1 is 0.828 bits per heavy atom. The number of anilines is 1. The number of hydrogen-bond acceptors (Lipinski definition) is 11. The smallest absolute Gasteiger partial charge is 0.224 e. The molecule has 1 saturated heterocycles. The molecule has 4 aromatic carbocycles. The van der Waals surface area contributed by atoms with Crippen LogP contribution in [0.4, 0.5) is 5.69 Å². The third-order valence-electron chi connectivity index (χ3n) is 10.8. The van der Waals surface area contributed by atoms with Crippen molar-refractivity contribution in [1.82, 2.24) is 39.5 Å². The van der Waals surface area contributed by atoms with E-state index >= 15 is 0 Å². The molecule has 14 nitrogen and oxygen atoms in total. The zero-order chi connectivity index (χ0) is 45.0. The highest BCUT2D eigenvalue weighted by Crippen LogP contribution is 2.40. The first kappa shape index (κ1) is 44.5. The summed E-state index contributed by atoms with van der Waals surface area (Å²) in [6, 6.07) is 30.4. The first-order valence-corrected chi connectivity index (χ1v) is 21.4. The van der Waals surface area contributed by atoms with E-state index in [1.54, 1.807) is 39.2 Å². The van der Waals surface area contributed by atoms with Crippen molar-refractivity contribution in [1.29, 1.82) is 0 Å². The lowest BCUT2D eigenvalue weighted by molar-refractivity contribution is -0.115. The van der Waals surface area contributed by atoms with E-state index in [0.717, 1.165) is 104 Å². The lowest BCUT2D eigenvalue weighted by Crippen LogP contribution is -2.21. The summed E-state index contributed by atoms with van der Waals surface area (Å²) in [5.74, 6) is 0.466. The molecule has 0 aliphatic carbocycles. The van der Waals surface area contributed by atoms with Gasteiger partial charge >= 0.3 is 0 Å². The second kappa shape index (κ2) is 21.0. The Morgan fingerprint density at radius 2 is 1.44 bits per heavy atom. The first-order valence-electron chi connectivity index (χ1n) is 21.4. The molecule has 0 saturated carbocycles. The number of benzene rings is 4. The highest BCUT2D eigenvalue weighted by molar-refractivity contribution is 6.11. The van der Waals surface area contributed by atoms with Gasteiger partial charge in [0.25, 0.3) is 0 Å². The molecule has 0 atom stereocenters. The number of aryl methyl sites for hydroxylation is 1. The van der Waals surface area contributed by atoms with Gasteiger partial charge in [0.15, 0.2) is 0 Å². The third kappa shape index (κ3) is 9.42. The summed E-state index contributed by atoms with van der Waals surface area (Å²) in [7, 11) is 5.24. The van der Waals surface area contributed by atoms with Crippen molar-refractivity contribution in [3.8, 4) is 50.8 Å². The van der Waals surface area contributed by atoms with E-state index in [-0.39, 0.29) is 11.9 Å². The maximum atomic E-state index is 12.1. The van der Waals surface area contributed by atoms with Crippen LogP contribution < -0.4 is 15.8 Å². The number of hydrogen-bond donors (Lipinski definition) is 2. The normalized spacial score (nSPS) is 13.0. The third-order valence-corrected chi connectivity index (χ3v) is 10.8. The number of nitrogens with one attached hydrogen (secondary N) is 1. The highest BCUT2D eigenvalue weighted by Gasteiger charge is 2.25. The highest BCUT2D eigenvalue weighted by atomic mass is 16.5. The van der Waals surface area contributed by atoms with Crippen molar-refractivity contribution < 1.29 is 14.3 Å². The van der Waals surface area contributed by atoms with Gasteiger partial charge in [0.1, 0.15) is 18.4 Å². The second-order valence-corrected chi connectivity index (χ2v) is 14.6. The molecule has 1 aliphatic heterocycles. The summed E-state index contributed by atoms with van der Waals surface area (Å²) < 4.78 is 15.1. The number of rotatable bonds is 10. The Morgan fingerprint density at radius 3 is 2.06 bits per heavy atom. The molecule has 1 aliphatic rings. The lowest BCUT2D eigenvalue weighted by atomic mass is 10.00. The van der Waals surface area contributed by atoms with Crippen LogP contribution in [0.5, 0.6) is 5.75 Å². The molecule has 1 amide bonds. The number of allylic oxidation sites excluding steroid dienone is 1. The van der Waals surface area contributed by atoms with Crippen LogP contribution in [-0.4, -0.2) is 79.0 Å². The number of aliphatic imine (C=N–C) groups is 1. The summed E-state index contributed by atoms with van der Waals surface area (Å²) in [4.78, 5) is 34.4. The van der Waals surface area contributed by atoms with E-state index in [1.165, 1.54) is 0 Å². The van der Waals surface area contributed by atoms with Gasteiger partial charge in [0.05, 0.1) is 65.0 Å². The second-order valence-electron chi connectivity index (χ2n) is 14.6. The predicted molar refractivity (Wildman–Crippen MR) is 256 cm³/mol. The Kier molecular flexibility index (Phi) is 14.6. The minimum Gasteiger partial charge on any atom is -0.494 e. The van der Waals surface area contributed by atoms with Crippen LogP contribution in [0.1, 0.15) is 51.6 Å². The van der Waals surface area contributed by atoms with Gasteiger partial charge in [-0.25, -0.2) is 19.9 Å². The molecule has 326 valence electrons. The molecule has 8 aromatic rings.